The number of aryl methyl sites for hydroxylation is 1. The maximum atomic E-state index is 11.9. The molecule has 0 amide bonds. The average Bonchev–Trinajstić information content (AvgIpc) is 2.78. The Balaban J connectivity index is 2.27. The first-order valence-electron chi connectivity index (χ1n) is 10.7. The van der Waals surface area contributed by atoms with Gasteiger partial charge in [-0.3, -0.25) is 4.79 Å². The van der Waals surface area contributed by atoms with Gasteiger partial charge in [-0.05, 0) is 37.1 Å². The first kappa shape index (κ1) is 23.3. The summed E-state index contributed by atoms with van der Waals surface area (Å²) in [7, 11) is 4.91. The molecule has 0 aliphatic carbocycles. The molecule has 3 aromatic rings. The van der Waals surface area contributed by atoms with Gasteiger partial charge in [0.25, 0.3) is 0 Å². The number of benzene rings is 3. The summed E-state index contributed by atoms with van der Waals surface area (Å²) in [6.07, 6.45) is 1.60. The molecule has 0 aliphatic rings. The predicted molar refractivity (Wildman–Crippen MR) is 127 cm³/mol. The van der Waals surface area contributed by atoms with Gasteiger partial charge in [0.2, 0.25) is 11.5 Å². The standard InChI is InChI=1S/C26H31NO5/c1-7-9-22(18-11-8-10-16(2)14-18)32-23-20-13-12-19(27-4)15-21(20)24(31-17(3)28)26(30-6)25(23)29-5/h8,10-15,22,27H,7,9H2,1-6H3. The Morgan fingerprint density at radius 3 is 2.28 bits per heavy atom. The van der Waals surface area contributed by atoms with E-state index in [2.05, 4.69) is 37.4 Å². The summed E-state index contributed by atoms with van der Waals surface area (Å²) >= 11 is 0. The summed E-state index contributed by atoms with van der Waals surface area (Å²) in [6, 6.07) is 14.1. The highest BCUT2D eigenvalue weighted by molar-refractivity contribution is 6.01. The number of nitrogens with one attached hydrogen (secondary N) is 1. The number of hydrogen-bond donors (Lipinski definition) is 1. The van der Waals surface area contributed by atoms with Gasteiger partial charge < -0.3 is 24.3 Å². The van der Waals surface area contributed by atoms with Crippen LogP contribution in [0, 0.1) is 6.92 Å². The number of esters is 1. The number of anilines is 1. The smallest absolute Gasteiger partial charge is 0.308 e. The van der Waals surface area contributed by atoms with E-state index in [-0.39, 0.29) is 6.10 Å². The fourth-order valence-electron chi connectivity index (χ4n) is 3.84. The number of carbonyl (C=O) groups excluding carboxylic acids is 1. The second kappa shape index (κ2) is 10.3. The first-order valence-corrected chi connectivity index (χ1v) is 10.7. The zero-order valence-electron chi connectivity index (χ0n) is 19.6. The fourth-order valence-corrected chi connectivity index (χ4v) is 3.84. The predicted octanol–water partition coefficient (Wildman–Crippen LogP) is 6.05. The average molecular weight is 438 g/mol. The van der Waals surface area contributed by atoms with Gasteiger partial charge in [0.15, 0.2) is 11.5 Å². The maximum Gasteiger partial charge on any atom is 0.308 e. The van der Waals surface area contributed by atoms with Gasteiger partial charge in [0.1, 0.15) is 6.10 Å². The summed E-state index contributed by atoms with van der Waals surface area (Å²) in [5.41, 5.74) is 3.13. The number of rotatable bonds is 9. The third-order valence-electron chi connectivity index (χ3n) is 5.30. The van der Waals surface area contributed by atoms with Crippen LogP contribution in [0.15, 0.2) is 42.5 Å². The minimum atomic E-state index is -0.446. The topological polar surface area (TPSA) is 66.0 Å². The lowest BCUT2D eigenvalue weighted by molar-refractivity contribution is -0.131. The lowest BCUT2D eigenvalue weighted by Gasteiger charge is -2.25. The Hall–Kier alpha value is -3.41. The van der Waals surface area contributed by atoms with Crippen molar-refractivity contribution in [3.05, 3.63) is 53.6 Å². The Labute approximate surface area is 189 Å². The Morgan fingerprint density at radius 2 is 1.69 bits per heavy atom. The van der Waals surface area contributed by atoms with Crippen molar-refractivity contribution >= 4 is 22.4 Å². The van der Waals surface area contributed by atoms with E-state index in [1.165, 1.54) is 19.6 Å². The lowest BCUT2D eigenvalue weighted by Crippen LogP contribution is -2.11. The monoisotopic (exact) mass is 437 g/mol. The third kappa shape index (κ3) is 4.74. The summed E-state index contributed by atoms with van der Waals surface area (Å²) in [6.45, 7) is 5.56. The molecule has 170 valence electrons. The molecule has 0 saturated heterocycles. The van der Waals surface area contributed by atoms with Gasteiger partial charge in [-0.25, -0.2) is 0 Å². The van der Waals surface area contributed by atoms with E-state index in [0.29, 0.717) is 28.4 Å². The van der Waals surface area contributed by atoms with Crippen LogP contribution in [0.1, 0.15) is 43.9 Å². The van der Waals surface area contributed by atoms with Gasteiger partial charge in [-0.1, -0.05) is 43.2 Å². The number of methoxy groups -OCH3 is 2. The molecule has 0 saturated carbocycles. The lowest BCUT2D eigenvalue weighted by atomic mass is 10.0. The molecule has 1 unspecified atom stereocenters. The van der Waals surface area contributed by atoms with Crippen LogP contribution in [-0.2, 0) is 4.79 Å². The molecule has 6 nitrogen and oxygen atoms in total. The van der Waals surface area contributed by atoms with Crippen molar-refractivity contribution < 1.29 is 23.7 Å². The highest BCUT2D eigenvalue weighted by atomic mass is 16.6. The van der Waals surface area contributed by atoms with E-state index in [9.17, 15) is 4.79 Å². The van der Waals surface area contributed by atoms with Crippen molar-refractivity contribution in [2.24, 2.45) is 0 Å². The molecule has 3 aromatic carbocycles. The number of ether oxygens (including phenoxy) is 4. The molecule has 0 fully saturated rings. The highest BCUT2D eigenvalue weighted by Crippen LogP contribution is 2.52. The Morgan fingerprint density at radius 1 is 0.969 bits per heavy atom. The molecule has 1 N–H and O–H groups in total. The number of fused-ring (bicyclic) bond motifs is 1. The second-order valence-electron chi connectivity index (χ2n) is 7.64. The van der Waals surface area contributed by atoms with E-state index >= 15 is 0 Å². The van der Waals surface area contributed by atoms with Crippen molar-refractivity contribution in [2.45, 2.75) is 39.7 Å². The van der Waals surface area contributed by atoms with Crippen molar-refractivity contribution in [1.29, 1.82) is 0 Å². The van der Waals surface area contributed by atoms with Gasteiger partial charge in [-0.2, -0.15) is 0 Å². The second-order valence-corrected chi connectivity index (χ2v) is 7.64. The number of hydrogen-bond acceptors (Lipinski definition) is 6. The van der Waals surface area contributed by atoms with Crippen LogP contribution < -0.4 is 24.3 Å². The van der Waals surface area contributed by atoms with E-state index in [4.69, 9.17) is 18.9 Å². The molecule has 3 rings (SSSR count). The minimum absolute atomic E-state index is 0.176. The van der Waals surface area contributed by atoms with Gasteiger partial charge in [0, 0.05) is 30.4 Å². The summed E-state index contributed by atoms with van der Waals surface area (Å²) in [5, 5.41) is 4.59. The molecular weight excluding hydrogens is 406 g/mol. The Bertz CT molecular complexity index is 1110. The molecule has 0 aromatic heterocycles. The molecule has 0 radical (unpaired) electrons. The molecule has 0 aliphatic heterocycles. The van der Waals surface area contributed by atoms with Crippen LogP contribution >= 0.6 is 0 Å². The van der Waals surface area contributed by atoms with Crippen LogP contribution in [0.3, 0.4) is 0 Å². The van der Waals surface area contributed by atoms with Crippen molar-refractivity contribution in [3.8, 4) is 23.0 Å². The van der Waals surface area contributed by atoms with Gasteiger partial charge >= 0.3 is 5.97 Å². The molecule has 1 atom stereocenters. The maximum absolute atomic E-state index is 11.9. The van der Waals surface area contributed by atoms with Crippen LogP contribution in [0.25, 0.3) is 10.8 Å². The molecule has 0 spiro atoms. The number of carbonyl (C=O) groups is 1. The quantitative estimate of drug-likeness (QED) is 0.325. The molecule has 6 heteroatoms. The summed E-state index contributed by atoms with van der Waals surface area (Å²) < 4.78 is 23.6. The fraction of sp³-hybridized carbons (Fsp3) is 0.346. The van der Waals surface area contributed by atoms with Crippen molar-refractivity contribution in [2.75, 3.05) is 26.6 Å². The zero-order valence-corrected chi connectivity index (χ0v) is 19.6. The zero-order chi connectivity index (χ0) is 23.3. The van der Waals surface area contributed by atoms with Crippen LogP contribution in [0.5, 0.6) is 23.0 Å². The van der Waals surface area contributed by atoms with E-state index in [0.717, 1.165) is 29.5 Å². The molecule has 0 heterocycles. The third-order valence-corrected chi connectivity index (χ3v) is 5.30. The van der Waals surface area contributed by atoms with E-state index < -0.39 is 5.97 Å². The largest absolute Gasteiger partial charge is 0.490 e. The molecule has 0 bridgehead atoms. The summed E-state index contributed by atoms with van der Waals surface area (Å²) in [5.74, 6) is 1.12. The van der Waals surface area contributed by atoms with Crippen LogP contribution in [0.2, 0.25) is 0 Å². The Kier molecular flexibility index (Phi) is 7.46. The highest BCUT2D eigenvalue weighted by Gasteiger charge is 2.27. The van der Waals surface area contributed by atoms with Gasteiger partial charge in [-0.15, -0.1) is 0 Å². The normalized spacial score (nSPS) is 11.7. The van der Waals surface area contributed by atoms with Gasteiger partial charge in [0.05, 0.1) is 14.2 Å². The minimum Gasteiger partial charge on any atom is -0.490 e. The van der Waals surface area contributed by atoms with E-state index in [1.807, 2.05) is 31.3 Å². The van der Waals surface area contributed by atoms with Crippen LogP contribution in [0.4, 0.5) is 5.69 Å². The molecular formula is C26H31NO5. The van der Waals surface area contributed by atoms with E-state index in [1.54, 1.807) is 7.11 Å². The summed E-state index contributed by atoms with van der Waals surface area (Å²) in [4.78, 5) is 11.9. The van der Waals surface area contributed by atoms with Crippen molar-refractivity contribution in [3.63, 3.8) is 0 Å². The van der Waals surface area contributed by atoms with Crippen LogP contribution in [-0.4, -0.2) is 27.2 Å². The molecule has 32 heavy (non-hydrogen) atoms. The SMILES string of the molecule is CCCC(Oc1c(OC)c(OC)c(OC(C)=O)c2cc(NC)ccc12)c1cccc(C)c1. The van der Waals surface area contributed by atoms with Crippen molar-refractivity contribution in [1.82, 2.24) is 0 Å². The first-order chi connectivity index (χ1) is 15.4.